The highest BCUT2D eigenvalue weighted by Gasteiger charge is 2.35. The van der Waals surface area contributed by atoms with Crippen LogP contribution >= 0.6 is 11.6 Å². The van der Waals surface area contributed by atoms with Gasteiger partial charge in [-0.25, -0.2) is 4.98 Å². The van der Waals surface area contributed by atoms with Gasteiger partial charge < -0.3 is 20.3 Å². The monoisotopic (exact) mass is 520 g/mol. The standard InChI is InChI=1S/C25H28ClF3N6O/c1-34-9-5-6-15(34)14-36-24-31-20-13-16(22-18(25(27,28)29)7-8-21(30)32-22)19(26)12-17(20)23(33-24)35-10-3-2-4-11-35/h7-8,12-13,15H,2-6,9-11,14H2,1H3,(H2,30,32)/t15-/m0/s1. The molecular weight excluding hydrogens is 493 g/mol. The molecule has 2 aromatic heterocycles. The van der Waals surface area contributed by atoms with Crippen LogP contribution in [0.2, 0.25) is 5.02 Å². The van der Waals surface area contributed by atoms with E-state index in [2.05, 4.69) is 26.8 Å². The summed E-state index contributed by atoms with van der Waals surface area (Å²) in [6.07, 6.45) is 0.720. The first-order valence-electron chi connectivity index (χ1n) is 12.1. The lowest BCUT2D eigenvalue weighted by atomic mass is 10.0. The maximum absolute atomic E-state index is 13.8. The minimum atomic E-state index is -4.62. The molecule has 2 aliphatic rings. The highest BCUT2D eigenvalue weighted by Crippen LogP contribution is 2.41. The van der Waals surface area contributed by atoms with Crippen LogP contribution in [0.25, 0.3) is 22.2 Å². The van der Waals surface area contributed by atoms with E-state index in [-0.39, 0.29) is 34.2 Å². The fraction of sp³-hybridized carbons (Fsp3) is 0.480. The molecule has 0 radical (unpaired) electrons. The first-order chi connectivity index (χ1) is 17.2. The number of nitrogen functional groups attached to an aromatic ring is 1. The zero-order valence-corrected chi connectivity index (χ0v) is 20.7. The van der Waals surface area contributed by atoms with Gasteiger partial charge in [0.15, 0.2) is 0 Å². The number of aromatic nitrogens is 3. The number of piperidine rings is 1. The summed E-state index contributed by atoms with van der Waals surface area (Å²) in [5.41, 5.74) is 5.05. The van der Waals surface area contributed by atoms with E-state index in [9.17, 15) is 13.2 Å². The number of likely N-dealkylation sites (N-methyl/N-ethyl adjacent to an activating group) is 1. The van der Waals surface area contributed by atoms with Crippen LogP contribution in [-0.4, -0.2) is 59.2 Å². The molecule has 0 saturated carbocycles. The summed E-state index contributed by atoms with van der Waals surface area (Å²) in [6.45, 7) is 3.11. The van der Waals surface area contributed by atoms with Crippen molar-refractivity contribution in [3.8, 4) is 17.3 Å². The van der Waals surface area contributed by atoms with E-state index in [0.29, 0.717) is 23.3 Å². The number of ether oxygens (including phenoxy) is 1. The quantitative estimate of drug-likeness (QED) is 0.482. The van der Waals surface area contributed by atoms with Crippen molar-refractivity contribution in [2.75, 3.05) is 43.9 Å². The van der Waals surface area contributed by atoms with Gasteiger partial charge in [-0.2, -0.15) is 23.1 Å². The van der Waals surface area contributed by atoms with Crippen molar-refractivity contribution in [3.63, 3.8) is 0 Å². The van der Waals surface area contributed by atoms with Crippen molar-refractivity contribution < 1.29 is 17.9 Å². The second kappa shape index (κ2) is 9.89. The second-order valence-electron chi connectivity index (χ2n) is 9.44. The van der Waals surface area contributed by atoms with E-state index in [4.69, 9.17) is 27.1 Å². The van der Waals surface area contributed by atoms with Crippen LogP contribution in [0, 0.1) is 0 Å². The lowest BCUT2D eigenvalue weighted by Gasteiger charge is -2.29. The highest BCUT2D eigenvalue weighted by atomic mass is 35.5. The van der Waals surface area contributed by atoms with E-state index in [1.165, 1.54) is 6.07 Å². The lowest BCUT2D eigenvalue weighted by Crippen LogP contribution is -2.32. The number of fused-ring (bicyclic) bond motifs is 1. The molecule has 0 aliphatic carbocycles. The first kappa shape index (κ1) is 24.8. The van der Waals surface area contributed by atoms with Crippen LogP contribution in [0.5, 0.6) is 6.01 Å². The zero-order chi connectivity index (χ0) is 25.4. The molecule has 2 N–H and O–H groups in total. The Kier molecular flexibility index (Phi) is 6.82. The first-order valence-corrected chi connectivity index (χ1v) is 12.5. The van der Waals surface area contributed by atoms with Crippen LogP contribution in [0.3, 0.4) is 0 Å². The Bertz CT molecular complexity index is 1260. The number of alkyl halides is 3. The number of halogens is 4. The van der Waals surface area contributed by atoms with Gasteiger partial charge in [-0.3, -0.25) is 0 Å². The summed E-state index contributed by atoms with van der Waals surface area (Å²) in [5, 5.41) is 0.780. The van der Waals surface area contributed by atoms with Gasteiger partial charge in [-0.05, 0) is 70.0 Å². The maximum atomic E-state index is 13.8. The predicted octanol–water partition coefficient (Wildman–Crippen LogP) is 5.41. The van der Waals surface area contributed by atoms with E-state index >= 15 is 0 Å². The molecule has 2 fully saturated rings. The second-order valence-corrected chi connectivity index (χ2v) is 9.85. The largest absolute Gasteiger partial charge is 0.462 e. The molecule has 36 heavy (non-hydrogen) atoms. The third-order valence-electron chi connectivity index (χ3n) is 6.95. The third kappa shape index (κ3) is 5.01. The molecule has 7 nitrogen and oxygen atoms in total. The lowest BCUT2D eigenvalue weighted by molar-refractivity contribution is -0.137. The maximum Gasteiger partial charge on any atom is 0.418 e. The number of hydrogen-bond donors (Lipinski definition) is 1. The summed E-state index contributed by atoms with van der Waals surface area (Å²) < 4.78 is 47.4. The van der Waals surface area contributed by atoms with Crippen LogP contribution < -0.4 is 15.4 Å². The Hall–Kier alpha value is -2.85. The van der Waals surface area contributed by atoms with Gasteiger partial charge in [0.25, 0.3) is 0 Å². The number of rotatable bonds is 5. The minimum Gasteiger partial charge on any atom is -0.462 e. The number of benzene rings is 1. The summed E-state index contributed by atoms with van der Waals surface area (Å²) in [7, 11) is 2.06. The van der Waals surface area contributed by atoms with Gasteiger partial charge in [0.2, 0.25) is 0 Å². The molecule has 2 saturated heterocycles. The third-order valence-corrected chi connectivity index (χ3v) is 7.27. The van der Waals surface area contributed by atoms with Crippen molar-refractivity contribution >= 4 is 34.1 Å². The van der Waals surface area contributed by atoms with E-state index in [1.807, 2.05) is 0 Å². The van der Waals surface area contributed by atoms with Gasteiger partial charge in [0, 0.05) is 30.1 Å². The van der Waals surface area contributed by atoms with Gasteiger partial charge in [0.1, 0.15) is 18.2 Å². The molecule has 192 valence electrons. The Morgan fingerprint density at radius 3 is 2.53 bits per heavy atom. The highest BCUT2D eigenvalue weighted by molar-refractivity contribution is 6.34. The van der Waals surface area contributed by atoms with E-state index in [0.717, 1.165) is 63.9 Å². The predicted molar refractivity (Wildman–Crippen MR) is 134 cm³/mol. The fourth-order valence-corrected chi connectivity index (χ4v) is 5.23. The summed E-state index contributed by atoms with van der Waals surface area (Å²) in [5.74, 6) is 0.648. The molecular formula is C25H28ClF3N6O. The fourth-order valence-electron chi connectivity index (χ4n) is 4.97. The molecule has 5 rings (SSSR count). The number of nitrogens with zero attached hydrogens (tertiary/aromatic N) is 5. The summed E-state index contributed by atoms with van der Waals surface area (Å²) in [6, 6.07) is 5.67. The molecule has 2 aliphatic heterocycles. The molecule has 0 bridgehead atoms. The molecule has 0 unspecified atom stereocenters. The minimum absolute atomic E-state index is 0.0319. The van der Waals surface area contributed by atoms with Crippen LogP contribution in [0.1, 0.15) is 37.7 Å². The number of likely N-dealkylation sites (tertiary alicyclic amines) is 1. The van der Waals surface area contributed by atoms with Gasteiger partial charge in [0.05, 0.1) is 21.8 Å². The molecule has 1 atom stereocenters. The van der Waals surface area contributed by atoms with Crippen LogP contribution in [0.4, 0.5) is 24.8 Å². The smallest absolute Gasteiger partial charge is 0.418 e. The molecule has 1 aromatic carbocycles. The van der Waals surface area contributed by atoms with Gasteiger partial charge in [-0.15, -0.1) is 0 Å². The molecule has 4 heterocycles. The number of hydrogen-bond acceptors (Lipinski definition) is 7. The van der Waals surface area contributed by atoms with Crippen molar-refractivity contribution in [2.24, 2.45) is 0 Å². The van der Waals surface area contributed by atoms with Crippen molar-refractivity contribution in [3.05, 3.63) is 34.9 Å². The van der Waals surface area contributed by atoms with Crippen LogP contribution in [-0.2, 0) is 6.18 Å². The molecule has 0 spiro atoms. The van der Waals surface area contributed by atoms with Crippen molar-refractivity contribution in [1.82, 2.24) is 19.9 Å². The SMILES string of the molecule is CN1CCC[C@H]1COc1nc(N2CCCCC2)c2cc(Cl)c(-c3nc(N)ccc3C(F)(F)F)cc2n1. The molecule has 11 heteroatoms. The Balaban J connectivity index is 1.62. The number of anilines is 2. The van der Waals surface area contributed by atoms with E-state index < -0.39 is 11.7 Å². The Morgan fingerprint density at radius 2 is 1.83 bits per heavy atom. The summed E-state index contributed by atoms with van der Waals surface area (Å²) in [4.78, 5) is 17.7. The number of pyridine rings is 1. The number of nitrogens with two attached hydrogens (primary N) is 1. The van der Waals surface area contributed by atoms with Crippen molar-refractivity contribution in [1.29, 1.82) is 0 Å². The zero-order valence-electron chi connectivity index (χ0n) is 20.0. The Labute approximate surface area is 212 Å². The average molecular weight is 521 g/mol. The topological polar surface area (TPSA) is 80.4 Å². The van der Waals surface area contributed by atoms with Gasteiger partial charge in [-0.1, -0.05) is 11.6 Å². The summed E-state index contributed by atoms with van der Waals surface area (Å²) >= 11 is 6.57. The van der Waals surface area contributed by atoms with Gasteiger partial charge >= 0.3 is 12.2 Å². The Morgan fingerprint density at radius 1 is 1.06 bits per heavy atom. The van der Waals surface area contributed by atoms with Crippen molar-refractivity contribution in [2.45, 2.75) is 44.3 Å². The molecule has 0 amide bonds. The normalized spacial score (nSPS) is 19.2. The molecule has 3 aromatic rings. The van der Waals surface area contributed by atoms with E-state index in [1.54, 1.807) is 6.07 Å². The van der Waals surface area contributed by atoms with Crippen LogP contribution in [0.15, 0.2) is 24.3 Å². The average Bonchev–Trinajstić information content (AvgIpc) is 3.26.